The summed E-state index contributed by atoms with van der Waals surface area (Å²) in [6, 6.07) is 9.93. The van der Waals surface area contributed by atoms with Gasteiger partial charge in [-0.1, -0.05) is 23.7 Å². The lowest BCUT2D eigenvalue weighted by Crippen LogP contribution is -1.87. The van der Waals surface area contributed by atoms with Crippen LogP contribution in [0.4, 0.5) is 5.69 Å². The van der Waals surface area contributed by atoms with Gasteiger partial charge in [0.1, 0.15) is 0 Å². The van der Waals surface area contributed by atoms with Gasteiger partial charge >= 0.3 is 0 Å². The first-order chi connectivity index (χ1) is 9.15. The maximum absolute atomic E-state index is 10.8. The van der Waals surface area contributed by atoms with Crippen LogP contribution < -0.4 is 0 Å². The molecule has 0 N–H and O–H groups in total. The molecule has 0 aliphatic carbocycles. The zero-order valence-electron chi connectivity index (χ0n) is 9.65. The zero-order valence-corrected chi connectivity index (χ0v) is 10.4. The van der Waals surface area contributed by atoms with Crippen LogP contribution in [0.15, 0.2) is 48.8 Å². The number of hydrogen-bond donors (Lipinski definition) is 0. The molecule has 0 radical (unpaired) electrons. The van der Waals surface area contributed by atoms with Crippen molar-refractivity contribution < 1.29 is 4.92 Å². The molecule has 0 aliphatic heterocycles. The van der Waals surface area contributed by atoms with Crippen LogP contribution >= 0.6 is 11.6 Å². The van der Waals surface area contributed by atoms with Gasteiger partial charge in [0.25, 0.3) is 5.69 Å². The van der Waals surface area contributed by atoms with Crippen LogP contribution in [0.3, 0.4) is 0 Å². The van der Waals surface area contributed by atoms with Crippen LogP contribution in [0, 0.1) is 10.1 Å². The Bertz CT molecular complexity index is 782. The van der Waals surface area contributed by atoms with E-state index in [1.807, 2.05) is 12.3 Å². The number of nitro benzene ring substituents is 1. The van der Waals surface area contributed by atoms with Crippen LogP contribution in [0.1, 0.15) is 0 Å². The van der Waals surface area contributed by atoms with Crippen LogP contribution in [0.5, 0.6) is 0 Å². The summed E-state index contributed by atoms with van der Waals surface area (Å²) < 4.78 is 1.79. The second-order valence-corrected chi connectivity index (χ2v) is 4.43. The summed E-state index contributed by atoms with van der Waals surface area (Å²) >= 11 is 6.05. The maximum Gasteiger partial charge on any atom is 0.270 e. The molecule has 2 heterocycles. The molecule has 0 spiro atoms. The van der Waals surface area contributed by atoms with E-state index < -0.39 is 4.92 Å². The number of nitro groups is 1. The zero-order chi connectivity index (χ0) is 13.4. The van der Waals surface area contributed by atoms with E-state index in [2.05, 4.69) is 4.98 Å². The van der Waals surface area contributed by atoms with Gasteiger partial charge in [0.05, 0.1) is 15.6 Å². The summed E-state index contributed by atoms with van der Waals surface area (Å²) in [4.78, 5) is 14.7. The average molecular weight is 274 g/mol. The Labute approximate surface area is 113 Å². The third-order valence-electron chi connectivity index (χ3n) is 2.79. The number of non-ortho nitro benzene ring substituents is 1. The first kappa shape index (κ1) is 11.7. The smallest absolute Gasteiger partial charge is 0.270 e. The Morgan fingerprint density at radius 2 is 2.11 bits per heavy atom. The number of benzene rings is 1. The molecule has 0 saturated carbocycles. The molecule has 1 aromatic carbocycles. The van der Waals surface area contributed by atoms with Crippen molar-refractivity contribution in [3.63, 3.8) is 0 Å². The minimum atomic E-state index is -0.424. The van der Waals surface area contributed by atoms with Crippen LogP contribution in [-0.4, -0.2) is 14.3 Å². The molecule has 3 rings (SSSR count). The minimum Gasteiger partial charge on any atom is -0.305 e. The Morgan fingerprint density at radius 3 is 2.84 bits per heavy atom. The van der Waals surface area contributed by atoms with Gasteiger partial charge in [0.2, 0.25) is 0 Å². The molecule has 0 unspecified atom stereocenters. The molecule has 0 fully saturated rings. The number of aromatic nitrogens is 2. The molecule has 3 aromatic rings. The van der Waals surface area contributed by atoms with Gasteiger partial charge in [0, 0.05) is 30.1 Å². The highest BCUT2D eigenvalue weighted by molar-refractivity contribution is 6.33. The van der Waals surface area contributed by atoms with Crippen LogP contribution in [0.2, 0.25) is 5.02 Å². The van der Waals surface area contributed by atoms with Crippen molar-refractivity contribution >= 4 is 22.9 Å². The summed E-state index contributed by atoms with van der Waals surface area (Å²) in [6.07, 6.45) is 3.62. The fourth-order valence-electron chi connectivity index (χ4n) is 1.90. The second-order valence-electron chi connectivity index (χ2n) is 4.02. The number of pyridine rings is 1. The predicted molar refractivity (Wildman–Crippen MR) is 72.3 cm³/mol. The molecule has 19 heavy (non-hydrogen) atoms. The van der Waals surface area contributed by atoms with Gasteiger partial charge in [-0.25, -0.2) is 4.98 Å². The van der Waals surface area contributed by atoms with E-state index in [9.17, 15) is 10.1 Å². The maximum atomic E-state index is 10.8. The first-order valence-corrected chi connectivity index (χ1v) is 5.91. The lowest BCUT2D eigenvalue weighted by molar-refractivity contribution is -0.384. The molecule has 0 atom stereocenters. The van der Waals surface area contributed by atoms with E-state index in [0.717, 1.165) is 0 Å². The van der Waals surface area contributed by atoms with Crippen LogP contribution in [0.25, 0.3) is 16.9 Å². The fourth-order valence-corrected chi connectivity index (χ4v) is 2.11. The van der Waals surface area contributed by atoms with E-state index in [0.29, 0.717) is 21.9 Å². The molecular weight excluding hydrogens is 266 g/mol. The SMILES string of the molecule is O=[N+]([O-])c1cccc(-c2cn3cccc(Cl)c3n2)c1. The van der Waals surface area contributed by atoms with Gasteiger partial charge < -0.3 is 4.40 Å². The molecule has 94 valence electrons. The van der Waals surface area contributed by atoms with E-state index in [1.165, 1.54) is 12.1 Å². The molecule has 0 aliphatic rings. The van der Waals surface area contributed by atoms with Crippen molar-refractivity contribution in [1.29, 1.82) is 0 Å². The highest BCUT2D eigenvalue weighted by Gasteiger charge is 2.10. The van der Waals surface area contributed by atoms with Crippen molar-refractivity contribution in [3.05, 3.63) is 63.9 Å². The normalized spacial score (nSPS) is 10.8. The first-order valence-electron chi connectivity index (χ1n) is 5.53. The topological polar surface area (TPSA) is 60.4 Å². The Hall–Kier alpha value is -2.40. The standard InChI is InChI=1S/C13H8ClN3O2/c14-11-5-2-6-16-8-12(15-13(11)16)9-3-1-4-10(7-9)17(18)19/h1-8H. The van der Waals surface area contributed by atoms with Crippen molar-refractivity contribution in [2.75, 3.05) is 0 Å². The lowest BCUT2D eigenvalue weighted by Gasteiger charge is -1.95. The van der Waals surface area contributed by atoms with E-state index in [-0.39, 0.29) is 5.69 Å². The second kappa shape index (κ2) is 4.37. The molecule has 5 nitrogen and oxygen atoms in total. The number of fused-ring (bicyclic) bond motifs is 1. The minimum absolute atomic E-state index is 0.0423. The quantitative estimate of drug-likeness (QED) is 0.530. The molecular formula is C13H8ClN3O2. The molecule has 0 amide bonds. The highest BCUT2D eigenvalue weighted by Crippen LogP contribution is 2.25. The van der Waals surface area contributed by atoms with E-state index in [4.69, 9.17) is 11.6 Å². The van der Waals surface area contributed by atoms with Crippen molar-refractivity contribution in [2.24, 2.45) is 0 Å². The fraction of sp³-hybridized carbons (Fsp3) is 0. The number of imidazole rings is 1. The molecule has 0 saturated heterocycles. The van der Waals surface area contributed by atoms with Gasteiger partial charge in [-0.2, -0.15) is 0 Å². The summed E-state index contributed by atoms with van der Waals surface area (Å²) in [5.41, 5.74) is 2.01. The highest BCUT2D eigenvalue weighted by atomic mass is 35.5. The number of halogens is 1. The Morgan fingerprint density at radius 1 is 1.26 bits per heavy atom. The summed E-state index contributed by atoms with van der Waals surface area (Å²) in [7, 11) is 0. The van der Waals surface area contributed by atoms with Gasteiger partial charge in [0.15, 0.2) is 5.65 Å². The monoisotopic (exact) mass is 273 g/mol. The molecule has 0 bridgehead atoms. The molecule has 2 aromatic heterocycles. The van der Waals surface area contributed by atoms with Crippen molar-refractivity contribution in [3.8, 4) is 11.3 Å². The number of nitrogens with zero attached hydrogens (tertiary/aromatic N) is 3. The number of rotatable bonds is 2. The third kappa shape index (κ3) is 2.04. The summed E-state index contributed by atoms with van der Waals surface area (Å²) in [5, 5.41) is 11.3. The van der Waals surface area contributed by atoms with E-state index in [1.54, 1.807) is 28.8 Å². The van der Waals surface area contributed by atoms with Crippen molar-refractivity contribution in [2.45, 2.75) is 0 Å². The van der Waals surface area contributed by atoms with Gasteiger partial charge in [-0.05, 0) is 12.1 Å². The largest absolute Gasteiger partial charge is 0.305 e. The average Bonchev–Trinajstić information content (AvgIpc) is 2.84. The van der Waals surface area contributed by atoms with E-state index >= 15 is 0 Å². The van der Waals surface area contributed by atoms with Gasteiger partial charge in [-0.15, -0.1) is 0 Å². The Kier molecular flexibility index (Phi) is 2.68. The van der Waals surface area contributed by atoms with Crippen LogP contribution in [-0.2, 0) is 0 Å². The predicted octanol–water partition coefficient (Wildman–Crippen LogP) is 3.56. The Balaban J connectivity index is 2.16. The number of hydrogen-bond acceptors (Lipinski definition) is 3. The van der Waals surface area contributed by atoms with Gasteiger partial charge in [-0.3, -0.25) is 10.1 Å². The summed E-state index contributed by atoms with van der Waals surface area (Å²) in [5.74, 6) is 0. The molecule has 6 heteroatoms. The summed E-state index contributed by atoms with van der Waals surface area (Å²) in [6.45, 7) is 0. The van der Waals surface area contributed by atoms with Crippen molar-refractivity contribution in [1.82, 2.24) is 9.38 Å². The lowest BCUT2D eigenvalue weighted by atomic mass is 10.1. The third-order valence-corrected chi connectivity index (χ3v) is 3.08.